The van der Waals surface area contributed by atoms with Gasteiger partial charge in [-0.05, 0) is 25.3 Å². The van der Waals surface area contributed by atoms with E-state index in [-0.39, 0.29) is 6.61 Å². The molecule has 0 saturated carbocycles. The highest BCUT2D eigenvalue weighted by Crippen LogP contribution is 2.31. The van der Waals surface area contributed by atoms with Crippen LogP contribution in [0.3, 0.4) is 0 Å². The van der Waals surface area contributed by atoms with Crippen LogP contribution in [-0.4, -0.2) is 41.0 Å². The fraction of sp³-hybridized carbons (Fsp3) is 0.429. The van der Waals surface area contributed by atoms with E-state index < -0.39 is 5.54 Å². The molecule has 21 heavy (non-hydrogen) atoms. The third kappa shape index (κ3) is 4.20. The molecule has 1 aromatic heterocycles. The molecule has 0 spiro atoms. The molecule has 2 N–H and O–H groups in total. The lowest BCUT2D eigenvalue weighted by Gasteiger charge is -2.32. The van der Waals surface area contributed by atoms with Crippen molar-refractivity contribution in [2.75, 3.05) is 25.7 Å². The number of thioether (sulfide) groups is 2. The number of hydrogen-bond acceptors (Lipinski definition) is 7. The quantitative estimate of drug-likeness (QED) is 0.720. The Morgan fingerprint density at radius 3 is 2.52 bits per heavy atom. The lowest BCUT2D eigenvalue weighted by molar-refractivity contribution is 0.165. The van der Waals surface area contributed by atoms with Gasteiger partial charge in [-0.2, -0.15) is 0 Å². The van der Waals surface area contributed by atoms with Gasteiger partial charge in [-0.1, -0.05) is 65.2 Å². The number of hydrogen-bond donors (Lipinski definition) is 2. The Kier molecular flexibility index (Phi) is 6.50. The number of aromatic nitrogens is 2. The van der Waals surface area contributed by atoms with Gasteiger partial charge in [-0.15, -0.1) is 10.2 Å². The number of rotatable bonds is 8. The third-order valence-corrected chi connectivity index (χ3v) is 6.43. The minimum atomic E-state index is -0.402. The molecule has 0 bridgehead atoms. The minimum Gasteiger partial charge on any atom is -0.394 e. The number of benzene rings is 1. The van der Waals surface area contributed by atoms with Crippen molar-refractivity contribution in [1.82, 2.24) is 15.5 Å². The molecule has 0 saturated heterocycles. The molecule has 7 heteroatoms. The van der Waals surface area contributed by atoms with E-state index >= 15 is 0 Å². The van der Waals surface area contributed by atoms with E-state index in [1.165, 1.54) is 0 Å². The summed E-state index contributed by atoms with van der Waals surface area (Å²) in [7, 11) is 1.89. The van der Waals surface area contributed by atoms with Gasteiger partial charge in [0.1, 0.15) is 0 Å². The standard InChI is InChI=1S/C14H19N3OS3/c1-15-14(10-18,11-6-4-3-5-7-11)8-9-20-13-17-16-12(19-2)21-13/h3-7,15,18H,8-10H2,1-2H3. The van der Waals surface area contributed by atoms with Crippen molar-refractivity contribution in [2.24, 2.45) is 0 Å². The molecule has 0 aliphatic heterocycles. The van der Waals surface area contributed by atoms with Gasteiger partial charge in [0.25, 0.3) is 0 Å². The van der Waals surface area contributed by atoms with Crippen molar-refractivity contribution in [3.63, 3.8) is 0 Å². The van der Waals surface area contributed by atoms with Crippen molar-refractivity contribution in [2.45, 2.75) is 20.6 Å². The predicted octanol–water partition coefficient (Wildman–Crippen LogP) is 2.85. The van der Waals surface area contributed by atoms with Crippen LogP contribution in [0.2, 0.25) is 0 Å². The first kappa shape index (κ1) is 16.8. The summed E-state index contributed by atoms with van der Waals surface area (Å²) < 4.78 is 1.97. The fourth-order valence-electron chi connectivity index (χ4n) is 2.07. The van der Waals surface area contributed by atoms with E-state index in [1.54, 1.807) is 34.9 Å². The Hall–Kier alpha value is -0.600. The average molecular weight is 342 g/mol. The van der Waals surface area contributed by atoms with Crippen molar-refractivity contribution in [1.29, 1.82) is 0 Å². The monoisotopic (exact) mass is 341 g/mol. The molecule has 0 aliphatic carbocycles. The summed E-state index contributed by atoms with van der Waals surface area (Å²) in [5.74, 6) is 0.874. The van der Waals surface area contributed by atoms with Crippen LogP contribution in [0.1, 0.15) is 12.0 Å². The molecule has 0 radical (unpaired) electrons. The van der Waals surface area contributed by atoms with Crippen LogP contribution >= 0.6 is 34.9 Å². The van der Waals surface area contributed by atoms with Gasteiger partial charge in [0, 0.05) is 5.75 Å². The Morgan fingerprint density at radius 2 is 1.95 bits per heavy atom. The summed E-state index contributed by atoms with van der Waals surface area (Å²) in [6.45, 7) is 0.0697. The zero-order valence-electron chi connectivity index (χ0n) is 12.1. The molecule has 4 nitrogen and oxygen atoms in total. The Labute approximate surface area is 137 Å². The first-order valence-electron chi connectivity index (χ1n) is 6.59. The Morgan fingerprint density at radius 1 is 1.24 bits per heavy atom. The van der Waals surface area contributed by atoms with Gasteiger partial charge in [0.05, 0.1) is 12.1 Å². The zero-order valence-corrected chi connectivity index (χ0v) is 14.5. The van der Waals surface area contributed by atoms with Crippen LogP contribution in [-0.2, 0) is 5.54 Å². The largest absolute Gasteiger partial charge is 0.394 e. The first-order valence-corrected chi connectivity index (χ1v) is 9.62. The minimum absolute atomic E-state index is 0.0697. The molecule has 2 rings (SSSR count). The van der Waals surface area contributed by atoms with E-state index in [0.717, 1.165) is 26.4 Å². The van der Waals surface area contributed by atoms with E-state index in [2.05, 4.69) is 15.5 Å². The molecule has 114 valence electrons. The van der Waals surface area contributed by atoms with Gasteiger partial charge in [0.2, 0.25) is 0 Å². The molecule has 1 heterocycles. The van der Waals surface area contributed by atoms with E-state index in [4.69, 9.17) is 0 Å². The number of likely N-dealkylation sites (N-methyl/N-ethyl adjacent to an activating group) is 1. The van der Waals surface area contributed by atoms with Crippen molar-refractivity contribution < 1.29 is 5.11 Å². The van der Waals surface area contributed by atoms with E-state index in [1.807, 2.05) is 43.6 Å². The van der Waals surface area contributed by atoms with Gasteiger partial charge in [-0.3, -0.25) is 0 Å². The molecule has 1 aromatic carbocycles. The van der Waals surface area contributed by atoms with Crippen LogP contribution in [0.25, 0.3) is 0 Å². The second kappa shape index (κ2) is 8.14. The predicted molar refractivity (Wildman–Crippen MR) is 91.3 cm³/mol. The molecule has 0 amide bonds. The molecule has 2 aromatic rings. The molecule has 0 fully saturated rings. The highest BCUT2D eigenvalue weighted by atomic mass is 32.2. The first-order chi connectivity index (χ1) is 10.2. The summed E-state index contributed by atoms with van der Waals surface area (Å²) >= 11 is 4.92. The van der Waals surface area contributed by atoms with Crippen LogP contribution in [0, 0.1) is 0 Å². The molecular weight excluding hydrogens is 322 g/mol. The van der Waals surface area contributed by atoms with Crippen LogP contribution in [0.5, 0.6) is 0 Å². The zero-order chi connectivity index (χ0) is 15.1. The maximum Gasteiger partial charge on any atom is 0.175 e. The summed E-state index contributed by atoms with van der Waals surface area (Å²) in [5, 5.41) is 21.4. The smallest absolute Gasteiger partial charge is 0.175 e. The summed E-state index contributed by atoms with van der Waals surface area (Å²) in [6, 6.07) is 10.1. The Bertz CT molecular complexity index is 543. The molecule has 0 aliphatic rings. The van der Waals surface area contributed by atoms with Crippen molar-refractivity contribution in [3.05, 3.63) is 35.9 Å². The maximum atomic E-state index is 9.87. The average Bonchev–Trinajstić information content (AvgIpc) is 3.01. The number of aliphatic hydroxyl groups excluding tert-OH is 1. The normalized spacial score (nSPS) is 14.0. The third-order valence-electron chi connectivity index (χ3n) is 3.39. The number of nitrogens with one attached hydrogen (secondary N) is 1. The lowest BCUT2D eigenvalue weighted by atomic mass is 9.88. The summed E-state index contributed by atoms with van der Waals surface area (Å²) in [5.41, 5.74) is 0.707. The molecular formula is C14H19N3OS3. The summed E-state index contributed by atoms with van der Waals surface area (Å²) in [6.07, 6.45) is 2.82. The Balaban J connectivity index is 2.00. The van der Waals surface area contributed by atoms with Crippen molar-refractivity contribution >= 4 is 34.9 Å². The molecule has 1 atom stereocenters. The molecule has 1 unspecified atom stereocenters. The van der Waals surface area contributed by atoms with E-state index in [9.17, 15) is 5.11 Å². The van der Waals surface area contributed by atoms with Crippen LogP contribution in [0.4, 0.5) is 0 Å². The fourth-order valence-corrected chi connectivity index (χ4v) is 4.68. The lowest BCUT2D eigenvalue weighted by Crippen LogP contribution is -2.44. The van der Waals surface area contributed by atoms with Crippen LogP contribution in [0.15, 0.2) is 39.0 Å². The SMILES string of the molecule is CNC(CO)(CCSc1nnc(SC)s1)c1ccccc1. The highest BCUT2D eigenvalue weighted by Gasteiger charge is 2.29. The van der Waals surface area contributed by atoms with Gasteiger partial charge in [0.15, 0.2) is 8.68 Å². The maximum absolute atomic E-state index is 9.87. The van der Waals surface area contributed by atoms with Gasteiger partial charge >= 0.3 is 0 Å². The van der Waals surface area contributed by atoms with Crippen LogP contribution < -0.4 is 5.32 Å². The summed E-state index contributed by atoms with van der Waals surface area (Å²) in [4.78, 5) is 0. The second-order valence-electron chi connectivity index (χ2n) is 4.49. The highest BCUT2D eigenvalue weighted by molar-refractivity contribution is 8.02. The van der Waals surface area contributed by atoms with Crippen molar-refractivity contribution in [3.8, 4) is 0 Å². The van der Waals surface area contributed by atoms with E-state index in [0.29, 0.717) is 0 Å². The number of nitrogens with zero attached hydrogens (tertiary/aromatic N) is 2. The topological polar surface area (TPSA) is 58.0 Å². The van der Waals surface area contributed by atoms with Gasteiger partial charge in [-0.25, -0.2) is 0 Å². The van der Waals surface area contributed by atoms with Gasteiger partial charge < -0.3 is 10.4 Å². The second-order valence-corrected chi connectivity index (χ2v) is 7.87. The number of aliphatic hydroxyl groups is 1.